The molecule has 3 atom stereocenters. The lowest BCUT2D eigenvalue weighted by Gasteiger charge is -2.38. The summed E-state index contributed by atoms with van der Waals surface area (Å²) in [6.45, 7) is 3.56. The van der Waals surface area contributed by atoms with Gasteiger partial charge in [-0.1, -0.05) is 5.57 Å². The molecule has 84 valence electrons. The van der Waals surface area contributed by atoms with Crippen LogP contribution < -0.4 is 0 Å². The topological polar surface area (TPSA) is 66.8 Å². The maximum absolute atomic E-state index is 11.9. The molecule has 0 spiro atoms. The highest BCUT2D eigenvalue weighted by Crippen LogP contribution is 2.35. The van der Waals surface area contributed by atoms with Crippen molar-refractivity contribution in [2.75, 3.05) is 6.61 Å². The molecule has 0 unspecified atom stereocenters. The molecule has 4 nitrogen and oxygen atoms in total. The molecule has 0 fully saturated rings. The lowest BCUT2D eigenvalue weighted by molar-refractivity contribution is -0.147. The highest BCUT2D eigenvalue weighted by atomic mass is 16.5. The van der Waals surface area contributed by atoms with Crippen molar-refractivity contribution in [3.05, 3.63) is 11.1 Å². The summed E-state index contributed by atoms with van der Waals surface area (Å²) >= 11 is 0. The van der Waals surface area contributed by atoms with Gasteiger partial charge in [-0.15, -0.1) is 0 Å². The number of carbonyl (C=O) groups is 1. The van der Waals surface area contributed by atoms with Gasteiger partial charge < -0.3 is 14.9 Å². The zero-order valence-electron chi connectivity index (χ0n) is 8.99. The van der Waals surface area contributed by atoms with Gasteiger partial charge in [0.1, 0.15) is 0 Å². The fraction of sp³-hybridized carbons (Fsp3) is 0.727. The Bertz CT molecular complexity index is 329. The van der Waals surface area contributed by atoms with Gasteiger partial charge in [0.15, 0.2) is 11.4 Å². The predicted molar refractivity (Wildman–Crippen MR) is 53.3 cm³/mol. The van der Waals surface area contributed by atoms with Crippen molar-refractivity contribution in [1.29, 1.82) is 0 Å². The van der Waals surface area contributed by atoms with Crippen LogP contribution in [-0.2, 0) is 9.53 Å². The molecule has 2 N–H and O–H groups in total. The molecule has 4 heteroatoms. The van der Waals surface area contributed by atoms with Crippen LogP contribution in [0.2, 0.25) is 0 Å². The minimum Gasteiger partial charge on any atom is -0.389 e. The second-order valence-electron chi connectivity index (χ2n) is 4.60. The Morgan fingerprint density at radius 2 is 2.13 bits per heavy atom. The van der Waals surface area contributed by atoms with E-state index in [0.717, 1.165) is 5.57 Å². The molecule has 15 heavy (non-hydrogen) atoms. The standard InChI is InChI=1S/C11H16O4/c1-6-3-7-4-9(12)11(2,14)10(13)8(7)5-15-6/h6,9,12,14H,3-5H2,1-2H3/t6-,9-,11+/m1/s1. The van der Waals surface area contributed by atoms with E-state index in [9.17, 15) is 15.0 Å². The first-order chi connectivity index (χ1) is 6.93. The highest BCUT2D eigenvalue weighted by molar-refractivity contribution is 6.04. The Morgan fingerprint density at radius 1 is 1.47 bits per heavy atom. The lowest BCUT2D eigenvalue weighted by atomic mass is 9.76. The average molecular weight is 212 g/mol. The number of Topliss-reactive ketones (excluding diaryl/α,β-unsaturated/α-hetero) is 1. The van der Waals surface area contributed by atoms with Crippen LogP contribution in [0.1, 0.15) is 26.7 Å². The smallest absolute Gasteiger partial charge is 0.195 e. The van der Waals surface area contributed by atoms with Crippen molar-refractivity contribution in [3.63, 3.8) is 0 Å². The molecule has 0 bridgehead atoms. The zero-order chi connectivity index (χ0) is 11.2. The predicted octanol–water partition coefficient (Wildman–Crippen LogP) is 0.176. The molecular formula is C11H16O4. The van der Waals surface area contributed by atoms with Gasteiger partial charge in [-0.25, -0.2) is 0 Å². The van der Waals surface area contributed by atoms with E-state index < -0.39 is 11.7 Å². The number of ether oxygens (including phenoxy) is 1. The van der Waals surface area contributed by atoms with Crippen LogP contribution in [0, 0.1) is 0 Å². The Balaban J connectivity index is 2.35. The highest BCUT2D eigenvalue weighted by Gasteiger charge is 2.46. The number of aliphatic hydroxyl groups excluding tert-OH is 1. The normalized spacial score (nSPS) is 41.7. The molecule has 2 aliphatic rings. The van der Waals surface area contributed by atoms with Crippen molar-refractivity contribution in [3.8, 4) is 0 Å². The van der Waals surface area contributed by atoms with Gasteiger partial charge in [-0.05, 0) is 26.7 Å². The van der Waals surface area contributed by atoms with Crippen LogP contribution in [-0.4, -0.2) is 40.4 Å². The molecule has 0 saturated heterocycles. The number of hydrogen-bond acceptors (Lipinski definition) is 4. The van der Waals surface area contributed by atoms with Gasteiger partial charge in [-0.2, -0.15) is 0 Å². The summed E-state index contributed by atoms with van der Waals surface area (Å²) in [5, 5.41) is 19.5. The molecule has 1 heterocycles. The first-order valence-corrected chi connectivity index (χ1v) is 5.20. The summed E-state index contributed by atoms with van der Waals surface area (Å²) in [7, 11) is 0. The molecule has 1 aliphatic carbocycles. The maximum Gasteiger partial charge on any atom is 0.195 e. The first kappa shape index (κ1) is 10.8. The monoisotopic (exact) mass is 212 g/mol. The van der Waals surface area contributed by atoms with Crippen LogP contribution >= 0.6 is 0 Å². The van der Waals surface area contributed by atoms with E-state index >= 15 is 0 Å². The molecular weight excluding hydrogens is 196 g/mol. The largest absolute Gasteiger partial charge is 0.389 e. The number of ketones is 1. The van der Waals surface area contributed by atoms with E-state index in [-0.39, 0.29) is 18.5 Å². The van der Waals surface area contributed by atoms with Crippen LogP contribution in [0.25, 0.3) is 0 Å². The molecule has 0 amide bonds. The minimum atomic E-state index is -1.65. The summed E-state index contributed by atoms with van der Waals surface area (Å²) < 4.78 is 5.37. The summed E-state index contributed by atoms with van der Waals surface area (Å²) in [4.78, 5) is 11.9. The third-order valence-electron chi connectivity index (χ3n) is 3.30. The summed E-state index contributed by atoms with van der Waals surface area (Å²) in [5.41, 5.74) is -0.149. The molecule has 0 radical (unpaired) electrons. The van der Waals surface area contributed by atoms with E-state index in [0.29, 0.717) is 18.4 Å². The molecule has 0 aromatic heterocycles. The Hall–Kier alpha value is -0.710. The molecule has 0 aromatic carbocycles. The van der Waals surface area contributed by atoms with E-state index in [1.54, 1.807) is 0 Å². The van der Waals surface area contributed by atoms with Gasteiger partial charge in [0, 0.05) is 5.57 Å². The van der Waals surface area contributed by atoms with Gasteiger partial charge in [0.2, 0.25) is 0 Å². The van der Waals surface area contributed by atoms with Gasteiger partial charge in [0.05, 0.1) is 18.8 Å². The average Bonchev–Trinajstić information content (AvgIpc) is 2.15. The molecule has 1 aliphatic heterocycles. The van der Waals surface area contributed by atoms with Crippen molar-refractivity contribution >= 4 is 5.78 Å². The number of aliphatic hydroxyl groups is 2. The van der Waals surface area contributed by atoms with Gasteiger partial charge in [0.25, 0.3) is 0 Å². The van der Waals surface area contributed by atoms with Crippen LogP contribution in [0.5, 0.6) is 0 Å². The molecule has 2 rings (SSSR count). The van der Waals surface area contributed by atoms with Gasteiger partial charge in [-0.3, -0.25) is 4.79 Å². The second kappa shape index (κ2) is 3.40. The quantitative estimate of drug-likeness (QED) is 0.601. The first-order valence-electron chi connectivity index (χ1n) is 5.20. The van der Waals surface area contributed by atoms with E-state index in [2.05, 4.69) is 0 Å². The summed E-state index contributed by atoms with van der Waals surface area (Å²) in [6.07, 6.45) is 0.150. The fourth-order valence-corrected chi connectivity index (χ4v) is 2.18. The third kappa shape index (κ3) is 1.62. The van der Waals surface area contributed by atoms with E-state index in [1.165, 1.54) is 6.92 Å². The third-order valence-corrected chi connectivity index (χ3v) is 3.30. The fourth-order valence-electron chi connectivity index (χ4n) is 2.18. The van der Waals surface area contributed by atoms with Crippen molar-refractivity contribution in [1.82, 2.24) is 0 Å². The van der Waals surface area contributed by atoms with Crippen LogP contribution in [0.15, 0.2) is 11.1 Å². The lowest BCUT2D eigenvalue weighted by Crippen LogP contribution is -2.52. The van der Waals surface area contributed by atoms with Crippen molar-refractivity contribution < 1.29 is 19.7 Å². The molecule has 0 aromatic rings. The Kier molecular flexibility index (Phi) is 2.45. The zero-order valence-corrected chi connectivity index (χ0v) is 8.99. The summed E-state index contributed by atoms with van der Waals surface area (Å²) in [5.74, 6) is -0.386. The Labute approximate surface area is 88.6 Å². The SMILES string of the molecule is C[C@@H]1CC2=C(CO1)C(=O)[C@@](C)(O)[C@H](O)C2. The number of carbonyl (C=O) groups excluding carboxylic acids is 1. The molecule has 0 saturated carbocycles. The van der Waals surface area contributed by atoms with Crippen molar-refractivity contribution in [2.45, 2.75) is 44.5 Å². The minimum absolute atomic E-state index is 0.0896. The van der Waals surface area contributed by atoms with Crippen LogP contribution in [0.4, 0.5) is 0 Å². The van der Waals surface area contributed by atoms with Crippen molar-refractivity contribution in [2.24, 2.45) is 0 Å². The number of hydrogen-bond donors (Lipinski definition) is 2. The Morgan fingerprint density at radius 3 is 2.80 bits per heavy atom. The summed E-state index contributed by atoms with van der Waals surface area (Å²) in [6, 6.07) is 0. The number of rotatable bonds is 0. The van der Waals surface area contributed by atoms with Crippen LogP contribution in [0.3, 0.4) is 0 Å². The van der Waals surface area contributed by atoms with E-state index in [4.69, 9.17) is 4.74 Å². The van der Waals surface area contributed by atoms with E-state index in [1.807, 2.05) is 6.92 Å². The maximum atomic E-state index is 11.9. The van der Waals surface area contributed by atoms with Gasteiger partial charge >= 0.3 is 0 Å². The second-order valence-corrected chi connectivity index (χ2v) is 4.60.